The molecule has 0 radical (unpaired) electrons. The van der Waals surface area contributed by atoms with Gasteiger partial charge in [-0.25, -0.2) is 0 Å². The fourth-order valence-electron chi connectivity index (χ4n) is 6.73. The molecule has 0 spiro atoms. The van der Waals surface area contributed by atoms with Gasteiger partial charge in [0.15, 0.2) is 5.78 Å². The summed E-state index contributed by atoms with van der Waals surface area (Å²) in [5.74, 6) is 3.39. The molecule has 3 heteroatoms. The molecule has 0 bridgehead atoms. The number of rotatable bonds is 1. The quantitative estimate of drug-likeness (QED) is 0.558. The molecule has 0 heterocycles. The third-order valence-electron chi connectivity index (χ3n) is 8.06. The highest BCUT2D eigenvalue weighted by molar-refractivity contribution is 14.1. The molecule has 22 heavy (non-hydrogen) atoms. The SMILES string of the molecule is C[C@]12C=CC(=O)C[C@@H]1CC[C@@H]1[C@@H]2CC[C@]2(C)[C@@H](OI)CC[C@@H]12. The largest absolute Gasteiger partial charge is 0.312 e. The van der Waals surface area contributed by atoms with Crippen LogP contribution in [0, 0.1) is 34.5 Å². The van der Waals surface area contributed by atoms with Crippen LogP contribution in [0.3, 0.4) is 0 Å². The van der Waals surface area contributed by atoms with E-state index in [2.05, 4.69) is 42.9 Å². The molecule has 0 unspecified atom stereocenters. The number of allylic oxidation sites excluding steroid dienone is 2. The van der Waals surface area contributed by atoms with Crippen LogP contribution < -0.4 is 0 Å². The van der Waals surface area contributed by atoms with Gasteiger partial charge in [0.1, 0.15) is 23.0 Å². The number of ketones is 1. The van der Waals surface area contributed by atoms with Gasteiger partial charge in [-0.15, -0.1) is 0 Å². The third kappa shape index (κ3) is 2.03. The van der Waals surface area contributed by atoms with Crippen LogP contribution >= 0.6 is 23.0 Å². The molecular weight excluding hydrogens is 387 g/mol. The van der Waals surface area contributed by atoms with E-state index in [-0.39, 0.29) is 5.41 Å². The van der Waals surface area contributed by atoms with Gasteiger partial charge in [-0.3, -0.25) is 4.79 Å². The lowest BCUT2D eigenvalue weighted by Crippen LogP contribution is -2.53. The Balaban J connectivity index is 1.66. The summed E-state index contributed by atoms with van der Waals surface area (Å²) in [6, 6.07) is 0. The second-order valence-corrected chi connectivity index (χ2v) is 9.23. The number of fused-ring (bicyclic) bond motifs is 5. The molecular formula is C19H27IO2. The van der Waals surface area contributed by atoms with Gasteiger partial charge in [0.05, 0.1) is 6.10 Å². The van der Waals surface area contributed by atoms with Crippen LogP contribution in [0.1, 0.15) is 58.8 Å². The summed E-state index contributed by atoms with van der Waals surface area (Å²) in [6.45, 7) is 4.93. The van der Waals surface area contributed by atoms with Gasteiger partial charge < -0.3 is 3.07 Å². The lowest BCUT2D eigenvalue weighted by molar-refractivity contribution is -0.122. The Kier molecular flexibility index (Phi) is 3.76. The minimum Gasteiger partial charge on any atom is -0.312 e. The topological polar surface area (TPSA) is 26.3 Å². The van der Waals surface area contributed by atoms with Crippen LogP contribution in [0.2, 0.25) is 0 Å². The zero-order valence-corrected chi connectivity index (χ0v) is 15.8. The lowest BCUT2D eigenvalue weighted by Gasteiger charge is -2.58. The van der Waals surface area contributed by atoms with Gasteiger partial charge in [-0.05, 0) is 79.1 Å². The van der Waals surface area contributed by atoms with Crippen molar-refractivity contribution >= 4 is 28.8 Å². The molecule has 0 aromatic heterocycles. The maximum absolute atomic E-state index is 11.8. The van der Waals surface area contributed by atoms with E-state index < -0.39 is 0 Å². The molecule has 2 nitrogen and oxygen atoms in total. The van der Waals surface area contributed by atoms with Gasteiger partial charge in [-0.1, -0.05) is 19.9 Å². The zero-order chi connectivity index (χ0) is 15.5. The molecule has 4 rings (SSSR count). The smallest absolute Gasteiger partial charge is 0.155 e. The maximum atomic E-state index is 11.8. The molecule has 0 N–H and O–H groups in total. The molecule has 7 atom stereocenters. The molecule has 3 fully saturated rings. The van der Waals surface area contributed by atoms with Crippen LogP contribution in [-0.2, 0) is 7.86 Å². The summed E-state index contributed by atoms with van der Waals surface area (Å²) in [5, 5.41) is 0. The van der Waals surface area contributed by atoms with Crippen molar-refractivity contribution < 1.29 is 7.86 Å². The molecule has 4 aliphatic carbocycles. The first-order valence-electron chi connectivity index (χ1n) is 8.98. The standard InChI is InChI=1S/C19H27IO2/c1-18-9-7-13(21)11-12(18)3-4-14-15-5-6-17(22-20)19(15,2)10-8-16(14)18/h7,9,12,14-17H,3-6,8,10-11H2,1-2H3/t12-,14-,15-,16-,17-,18-,19-/m0/s1. The number of hydrogen-bond acceptors (Lipinski definition) is 2. The Labute approximate surface area is 148 Å². The van der Waals surface area contributed by atoms with Crippen LogP contribution in [0.5, 0.6) is 0 Å². The Morgan fingerprint density at radius 1 is 1.14 bits per heavy atom. The van der Waals surface area contributed by atoms with Crippen LogP contribution in [0.4, 0.5) is 0 Å². The van der Waals surface area contributed by atoms with Gasteiger partial charge in [0.25, 0.3) is 0 Å². The van der Waals surface area contributed by atoms with Crippen molar-refractivity contribution in [2.75, 3.05) is 0 Å². The zero-order valence-electron chi connectivity index (χ0n) is 13.7. The fourth-order valence-corrected chi connectivity index (χ4v) is 7.57. The monoisotopic (exact) mass is 414 g/mol. The van der Waals surface area contributed by atoms with E-state index in [4.69, 9.17) is 3.07 Å². The summed E-state index contributed by atoms with van der Waals surface area (Å²) in [6.07, 6.45) is 13.2. The second kappa shape index (κ2) is 5.30. The third-order valence-corrected chi connectivity index (χ3v) is 8.67. The van der Waals surface area contributed by atoms with Crippen molar-refractivity contribution in [1.82, 2.24) is 0 Å². The Hall–Kier alpha value is 0.1000. The van der Waals surface area contributed by atoms with E-state index in [1.807, 2.05) is 6.08 Å². The normalized spacial score (nSPS) is 53.8. The van der Waals surface area contributed by atoms with Gasteiger partial charge >= 0.3 is 0 Å². The second-order valence-electron chi connectivity index (χ2n) is 8.72. The molecule has 3 saturated carbocycles. The maximum Gasteiger partial charge on any atom is 0.155 e. The molecule has 122 valence electrons. The summed E-state index contributed by atoms with van der Waals surface area (Å²) in [7, 11) is 0. The van der Waals surface area contributed by atoms with Crippen LogP contribution in [0.15, 0.2) is 12.2 Å². The predicted octanol–water partition coefficient (Wildman–Crippen LogP) is 5.11. The number of hydrogen-bond donors (Lipinski definition) is 0. The fraction of sp³-hybridized carbons (Fsp3) is 0.842. The van der Waals surface area contributed by atoms with Crippen molar-refractivity contribution in [1.29, 1.82) is 0 Å². The number of carbonyl (C=O) groups excluding carboxylic acids is 1. The molecule has 0 amide bonds. The van der Waals surface area contributed by atoms with Crippen molar-refractivity contribution in [3.8, 4) is 0 Å². The van der Waals surface area contributed by atoms with Gasteiger partial charge in [0.2, 0.25) is 0 Å². The molecule has 4 aliphatic rings. The number of carbonyl (C=O) groups is 1. The highest BCUT2D eigenvalue weighted by Crippen LogP contribution is 2.65. The summed E-state index contributed by atoms with van der Waals surface area (Å²) >= 11 is 2.12. The molecule has 0 aromatic rings. The van der Waals surface area contributed by atoms with Crippen molar-refractivity contribution in [2.45, 2.75) is 64.9 Å². The summed E-state index contributed by atoms with van der Waals surface area (Å²) < 4.78 is 5.82. The van der Waals surface area contributed by atoms with Crippen molar-refractivity contribution in [3.63, 3.8) is 0 Å². The lowest BCUT2D eigenvalue weighted by atomic mass is 9.46. The van der Waals surface area contributed by atoms with E-state index in [9.17, 15) is 4.79 Å². The van der Waals surface area contributed by atoms with E-state index >= 15 is 0 Å². The van der Waals surface area contributed by atoms with Crippen molar-refractivity contribution in [3.05, 3.63) is 12.2 Å². The first kappa shape index (κ1) is 15.6. The van der Waals surface area contributed by atoms with Crippen LogP contribution in [0.25, 0.3) is 0 Å². The summed E-state index contributed by atoms with van der Waals surface area (Å²) in [5.41, 5.74) is 0.654. The average molecular weight is 414 g/mol. The Morgan fingerprint density at radius 2 is 1.95 bits per heavy atom. The predicted molar refractivity (Wildman–Crippen MR) is 95.5 cm³/mol. The van der Waals surface area contributed by atoms with E-state index in [0.717, 1.165) is 24.2 Å². The highest BCUT2D eigenvalue weighted by atomic mass is 127. The molecule has 0 aliphatic heterocycles. The van der Waals surface area contributed by atoms with E-state index in [1.165, 1.54) is 38.5 Å². The van der Waals surface area contributed by atoms with E-state index in [1.54, 1.807) is 0 Å². The van der Waals surface area contributed by atoms with Crippen LogP contribution in [-0.4, -0.2) is 11.9 Å². The van der Waals surface area contributed by atoms with E-state index in [0.29, 0.717) is 23.2 Å². The minimum absolute atomic E-state index is 0.265. The van der Waals surface area contributed by atoms with Gasteiger partial charge in [-0.2, -0.15) is 0 Å². The highest BCUT2D eigenvalue weighted by Gasteiger charge is 2.59. The number of halogens is 1. The molecule has 0 saturated heterocycles. The first-order chi connectivity index (χ1) is 10.5. The van der Waals surface area contributed by atoms with Gasteiger partial charge in [0, 0.05) is 6.42 Å². The molecule has 0 aromatic carbocycles. The summed E-state index contributed by atoms with van der Waals surface area (Å²) in [4.78, 5) is 11.8. The van der Waals surface area contributed by atoms with Crippen molar-refractivity contribution in [2.24, 2.45) is 34.5 Å². The first-order valence-corrected chi connectivity index (χ1v) is 9.86. The minimum atomic E-state index is 0.265. The Bertz CT molecular complexity index is 516. The average Bonchev–Trinajstić information content (AvgIpc) is 2.84. The Morgan fingerprint density at radius 3 is 2.73 bits per heavy atom.